The lowest BCUT2D eigenvalue weighted by molar-refractivity contribution is -0.143. The maximum absolute atomic E-state index is 14.1. The van der Waals surface area contributed by atoms with Crippen LogP contribution < -0.4 is 21.7 Å². The number of likely N-dealkylation sites (tertiary alicyclic amines) is 1. The number of aliphatic hydroxyl groups is 1. The summed E-state index contributed by atoms with van der Waals surface area (Å²) in [6, 6.07) is -3.33. The first-order valence-corrected chi connectivity index (χ1v) is 14.8. The molecule has 3 aliphatic rings. The molecule has 1 aliphatic heterocycles. The summed E-state index contributed by atoms with van der Waals surface area (Å²) in [6.07, 6.45) is 6.82. The lowest BCUT2D eigenvalue weighted by Crippen LogP contribution is -2.62. The number of primary amides is 1. The van der Waals surface area contributed by atoms with Gasteiger partial charge in [-0.2, -0.15) is 0 Å². The van der Waals surface area contributed by atoms with Crippen LogP contribution in [0.25, 0.3) is 0 Å². The summed E-state index contributed by atoms with van der Waals surface area (Å²) in [7, 11) is 0. The molecule has 0 aromatic heterocycles. The quantitative estimate of drug-likeness (QED) is 0.239. The van der Waals surface area contributed by atoms with E-state index in [1.54, 1.807) is 0 Å². The topological polar surface area (TPSA) is 171 Å². The first kappa shape index (κ1) is 31.8. The molecule has 5 amide bonds. The molecule has 1 saturated heterocycles. The Hall–Kier alpha value is -2.69. The van der Waals surface area contributed by atoms with Gasteiger partial charge in [-0.3, -0.25) is 19.2 Å². The molecule has 1 unspecified atom stereocenters. The van der Waals surface area contributed by atoms with Crippen molar-refractivity contribution in [2.45, 2.75) is 116 Å². The molecule has 3 fully saturated rings. The van der Waals surface area contributed by atoms with Crippen molar-refractivity contribution in [2.24, 2.45) is 28.9 Å². The van der Waals surface area contributed by atoms with Gasteiger partial charge in [-0.15, -0.1) is 0 Å². The van der Waals surface area contributed by atoms with Gasteiger partial charge < -0.3 is 31.7 Å². The van der Waals surface area contributed by atoms with Gasteiger partial charge in [0.25, 0.3) is 5.91 Å². The van der Waals surface area contributed by atoms with E-state index in [-0.39, 0.29) is 30.3 Å². The van der Waals surface area contributed by atoms with Crippen molar-refractivity contribution in [3.8, 4) is 0 Å². The number of urea groups is 1. The average molecular weight is 564 g/mol. The van der Waals surface area contributed by atoms with Crippen molar-refractivity contribution in [1.29, 1.82) is 0 Å². The number of ketones is 1. The number of aliphatic hydroxyl groups excluding tert-OH is 1. The minimum Gasteiger partial charge on any atom is -0.394 e. The molecule has 0 aromatic rings. The van der Waals surface area contributed by atoms with Crippen LogP contribution in [0.2, 0.25) is 0 Å². The highest BCUT2D eigenvalue weighted by Gasteiger charge is 2.47. The van der Waals surface area contributed by atoms with Gasteiger partial charge in [0.1, 0.15) is 12.1 Å². The summed E-state index contributed by atoms with van der Waals surface area (Å²) < 4.78 is 0. The zero-order valence-corrected chi connectivity index (χ0v) is 24.8. The number of nitrogens with zero attached hydrogens (tertiary/aromatic N) is 1. The molecule has 0 aromatic carbocycles. The monoisotopic (exact) mass is 563 g/mol. The first-order valence-electron chi connectivity index (χ1n) is 14.8. The number of hydrogen-bond acceptors (Lipinski definition) is 6. The van der Waals surface area contributed by atoms with Crippen LogP contribution >= 0.6 is 0 Å². The summed E-state index contributed by atoms with van der Waals surface area (Å²) in [6.45, 7) is 9.77. The van der Waals surface area contributed by atoms with Gasteiger partial charge in [-0.05, 0) is 48.9 Å². The second-order valence-corrected chi connectivity index (χ2v) is 13.6. The number of Topliss-reactive ketones (excluding diaryl/α,β-unsaturated/α-hetero) is 1. The maximum atomic E-state index is 14.1. The van der Waals surface area contributed by atoms with E-state index in [0.29, 0.717) is 32.2 Å². The van der Waals surface area contributed by atoms with Crippen molar-refractivity contribution >= 4 is 29.5 Å². The number of carbonyl (C=O) groups is 5. The fourth-order valence-electron chi connectivity index (χ4n) is 5.98. The average Bonchev–Trinajstić information content (AvgIpc) is 3.58. The number of hydrogen-bond donors (Lipinski definition) is 5. The van der Waals surface area contributed by atoms with Crippen LogP contribution in [0.1, 0.15) is 92.4 Å². The third-order valence-electron chi connectivity index (χ3n) is 8.88. The predicted molar refractivity (Wildman–Crippen MR) is 150 cm³/mol. The van der Waals surface area contributed by atoms with E-state index < -0.39 is 52.7 Å². The molecule has 0 radical (unpaired) electrons. The molecule has 40 heavy (non-hydrogen) atoms. The molecule has 11 heteroatoms. The summed E-state index contributed by atoms with van der Waals surface area (Å²) in [5, 5.41) is 18.5. The van der Waals surface area contributed by atoms with Crippen LogP contribution in [0, 0.1) is 23.2 Å². The largest absolute Gasteiger partial charge is 0.394 e. The molecule has 0 spiro atoms. The van der Waals surface area contributed by atoms with Crippen molar-refractivity contribution in [2.75, 3.05) is 13.2 Å². The summed E-state index contributed by atoms with van der Waals surface area (Å²) in [5.41, 5.74) is 3.86. The van der Waals surface area contributed by atoms with Gasteiger partial charge in [-0.25, -0.2) is 4.79 Å². The van der Waals surface area contributed by atoms with Crippen molar-refractivity contribution < 1.29 is 29.1 Å². The predicted octanol–water partition coefficient (Wildman–Crippen LogP) is 1.61. The second kappa shape index (κ2) is 12.9. The molecule has 2 aliphatic carbocycles. The zero-order valence-electron chi connectivity index (χ0n) is 24.8. The fourth-order valence-corrected chi connectivity index (χ4v) is 5.98. The minimum absolute atomic E-state index is 0.0442. The van der Waals surface area contributed by atoms with Crippen LogP contribution in [0.4, 0.5) is 4.79 Å². The molecule has 6 N–H and O–H groups in total. The molecule has 11 nitrogen and oxygen atoms in total. The maximum Gasteiger partial charge on any atom is 0.315 e. The van der Waals surface area contributed by atoms with Gasteiger partial charge in [0.15, 0.2) is 0 Å². The first-order chi connectivity index (χ1) is 18.7. The number of amides is 5. The van der Waals surface area contributed by atoms with E-state index in [9.17, 15) is 29.1 Å². The number of nitrogens with two attached hydrogens (primary N) is 1. The lowest BCUT2D eigenvalue weighted by Gasteiger charge is -2.39. The Balaban J connectivity index is 1.80. The highest BCUT2D eigenvalue weighted by molar-refractivity contribution is 6.37. The van der Waals surface area contributed by atoms with Crippen LogP contribution in [0.5, 0.6) is 0 Å². The summed E-state index contributed by atoms with van der Waals surface area (Å²) >= 11 is 0. The van der Waals surface area contributed by atoms with E-state index >= 15 is 0 Å². The third-order valence-corrected chi connectivity index (χ3v) is 8.88. The molecule has 226 valence electrons. The molecule has 2 saturated carbocycles. The van der Waals surface area contributed by atoms with E-state index in [0.717, 1.165) is 32.1 Å². The standard InChI is InChI=1S/C29H49N5O6/c1-17(2)19-14-21(25(38)31-20(13-18-9-10-18)22(36)24(30)37)34(15-19)26(39)23(28(3,4)5)32-27(40)33-29(16-35)11-7-6-8-12-29/h17-21,23,35H,6-16H2,1-5H3,(H2,30,37)(H,31,38)(H2,32,33,40)/t19-,20?,21+,23-/m1/s1. The molecular formula is C29H49N5O6. The number of carbonyl (C=O) groups excluding carboxylic acids is 5. The van der Waals surface area contributed by atoms with E-state index in [1.165, 1.54) is 4.90 Å². The Morgan fingerprint density at radius 1 is 1.02 bits per heavy atom. The van der Waals surface area contributed by atoms with Crippen molar-refractivity contribution in [3.05, 3.63) is 0 Å². The Bertz CT molecular complexity index is 966. The van der Waals surface area contributed by atoms with Gasteiger partial charge in [0, 0.05) is 6.54 Å². The van der Waals surface area contributed by atoms with Gasteiger partial charge >= 0.3 is 6.03 Å². The van der Waals surface area contributed by atoms with E-state index in [4.69, 9.17) is 5.73 Å². The summed E-state index contributed by atoms with van der Waals surface area (Å²) in [5.74, 6) is -2.29. The van der Waals surface area contributed by atoms with E-state index in [1.807, 2.05) is 34.6 Å². The normalized spacial score (nSPS) is 24.2. The molecule has 4 atom stereocenters. The Kier molecular flexibility index (Phi) is 10.2. The van der Waals surface area contributed by atoms with Crippen molar-refractivity contribution in [1.82, 2.24) is 20.9 Å². The molecule has 1 heterocycles. The van der Waals surface area contributed by atoms with Crippen LogP contribution in [0.15, 0.2) is 0 Å². The zero-order chi connectivity index (χ0) is 29.8. The molecular weight excluding hydrogens is 514 g/mol. The smallest absolute Gasteiger partial charge is 0.315 e. The minimum atomic E-state index is -1.09. The Labute approximate surface area is 237 Å². The molecule has 0 bridgehead atoms. The lowest BCUT2D eigenvalue weighted by atomic mass is 9.82. The highest BCUT2D eigenvalue weighted by Crippen LogP contribution is 2.35. The fraction of sp³-hybridized carbons (Fsp3) is 0.828. The Morgan fingerprint density at radius 2 is 1.65 bits per heavy atom. The number of nitrogens with one attached hydrogen (secondary N) is 3. The second-order valence-electron chi connectivity index (χ2n) is 13.6. The van der Waals surface area contributed by atoms with Crippen LogP contribution in [-0.2, 0) is 19.2 Å². The van der Waals surface area contributed by atoms with Crippen LogP contribution in [-0.4, -0.2) is 76.4 Å². The van der Waals surface area contributed by atoms with Gasteiger partial charge in [0.2, 0.25) is 17.6 Å². The van der Waals surface area contributed by atoms with Gasteiger partial charge in [-0.1, -0.05) is 66.7 Å². The summed E-state index contributed by atoms with van der Waals surface area (Å²) in [4.78, 5) is 66.5. The van der Waals surface area contributed by atoms with Crippen molar-refractivity contribution in [3.63, 3.8) is 0 Å². The van der Waals surface area contributed by atoms with Gasteiger partial charge in [0.05, 0.1) is 18.2 Å². The van der Waals surface area contributed by atoms with E-state index in [2.05, 4.69) is 16.0 Å². The molecule has 3 rings (SSSR count). The number of rotatable bonds is 11. The SMILES string of the molecule is CC(C)[C@@H]1C[C@@H](C(=O)NC(CC2CC2)C(=O)C(N)=O)N(C(=O)[C@@H](NC(=O)NC2(CO)CCCCC2)C(C)(C)C)C1. The third kappa shape index (κ3) is 7.95. The Morgan fingerprint density at radius 3 is 2.15 bits per heavy atom. The highest BCUT2D eigenvalue weighted by atomic mass is 16.3. The van der Waals surface area contributed by atoms with Crippen LogP contribution in [0.3, 0.4) is 0 Å².